The minimum absolute atomic E-state index is 0.596. The summed E-state index contributed by atoms with van der Waals surface area (Å²) in [4.78, 5) is 0. The molecule has 2 rings (SSSR count). The lowest BCUT2D eigenvalue weighted by Gasteiger charge is -2.04. The molecule has 1 heterocycles. The maximum absolute atomic E-state index is 5.98. The monoisotopic (exact) mass is 268 g/mol. The molecule has 0 radical (unpaired) electrons. The molecule has 0 aliphatic carbocycles. The summed E-state index contributed by atoms with van der Waals surface area (Å²) >= 11 is 11.9. The van der Waals surface area contributed by atoms with Crippen LogP contribution in [0.1, 0.15) is 11.1 Å². The molecule has 2 aromatic rings. The zero-order chi connectivity index (χ0) is 12.3. The lowest BCUT2D eigenvalue weighted by atomic mass is 10.2. The van der Waals surface area contributed by atoms with Crippen LogP contribution >= 0.6 is 23.2 Å². The highest BCUT2D eigenvalue weighted by Gasteiger charge is 2.01. The van der Waals surface area contributed by atoms with Gasteiger partial charge in [0.25, 0.3) is 0 Å². The largest absolute Gasteiger partial charge is 0.350 e. The smallest absolute Gasteiger partial charge is 0.0595 e. The fourth-order valence-corrected chi connectivity index (χ4v) is 2.07. The van der Waals surface area contributed by atoms with Crippen molar-refractivity contribution in [3.05, 3.63) is 57.8 Å². The third-order valence-electron chi connectivity index (χ3n) is 2.54. The van der Waals surface area contributed by atoms with Crippen molar-refractivity contribution in [2.45, 2.75) is 13.1 Å². The van der Waals surface area contributed by atoms with Gasteiger partial charge in [-0.25, -0.2) is 0 Å². The molecule has 1 N–H and O–H groups in total. The molecule has 4 heteroatoms. The molecule has 0 amide bonds. The quantitative estimate of drug-likeness (QED) is 0.898. The van der Waals surface area contributed by atoms with Gasteiger partial charge in [-0.3, -0.25) is 0 Å². The van der Waals surface area contributed by atoms with E-state index in [1.807, 2.05) is 25.2 Å². The predicted molar refractivity (Wildman–Crippen MR) is 72.8 cm³/mol. The molecule has 17 heavy (non-hydrogen) atoms. The first-order valence-electron chi connectivity index (χ1n) is 5.42. The van der Waals surface area contributed by atoms with Crippen molar-refractivity contribution in [2.24, 2.45) is 0 Å². The molecule has 0 aliphatic heterocycles. The van der Waals surface area contributed by atoms with Gasteiger partial charge in [-0.2, -0.15) is 0 Å². The van der Waals surface area contributed by atoms with Gasteiger partial charge >= 0.3 is 0 Å². The van der Waals surface area contributed by atoms with Crippen LogP contribution in [0.3, 0.4) is 0 Å². The Morgan fingerprint density at radius 1 is 1.12 bits per heavy atom. The van der Waals surface area contributed by atoms with Gasteiger partial charge in [0.05, 0.1) is 10.0 Å². The first-order valence-corrected chi connectivity index (χ1v) is 6.18. The van der Waals surface area contributed by atoms with Crippen LogP contribution in [0.5, 0.6) is 0 Å². The molecule has 0 atom stereocenters. The van der Waals surface area contributed by atoms with Gasteiger partial charge in [-0.15, -0.1) is 0 Å². The number of nitrogens with zero attached hydrogens (tertiary/aromatic N) is 1. The maximum atomic E-state index is 5.98. The van der Waals surface area contributed by atoms with Crippen molar-refractivity contribution < 1.29 is 0 Å². The van der Waals surface area contributed by atoms with Crippen LogP contribution in [0, 0.1) is 0 Å². The number of hydrogen-bond donors (Lipinski definition) is 1. The maximum Gasteiger partial charge on any atom is 0.0595 e. The van der Waals surface area contributed by atoms with Gasteiger partial charge in [-0.1, -0.05) is 29.3 Å². The van der Waals surface area contributed by atoms with E-state index in [4.69, 9.17) is 23.2 Å². The molecule has 0 spiro atoms. The summed E-state index contributed by atoms with van der Waals surface area (Å²) in [6.07, 6.45) is 4.19. The zero-order valence-electron chi connectivity index (χ0n) is 9.58. The second-order valence-corrected chi connectivity index (χ2v) is 4.79. The van der Waals surface area contributed by atoms with E-state index in [0.29, 0.717) is 10.0 Å². The van der Waals surface area contributed by atoms with Gasteiger partial charge in [-0.05, 0) is 36.4 Å². The summed E-state index contributed by atoms with van der Waals surface area (Å²) < 4.78 is 2.13. The minimum Gasteiger partial charge on any atom is -0.350 e. The second-order valence-electron chi connectivity index (χ2n) is 3.97. The highest BCUT2D eigenvalue weighted by molar-refractivity contribution is 6.42. The SMILES string of the molecule is CNCc1ccn(Cc2ccc(Cl)c(Cl)c2)c1. The average Bonchev–Trinajstić information content (AvgIpc) is 2.72. The van der Waals surface area contributed by atoms with Crippen molar-refractivity contribution in [3.63, 3.8) is 0 Å². The predicted octanol–water partition coefficient (Wildman–Crippen LogP) is 3.56. The van der Waals surface area contributed by atoms with Crippen LogP contribution < -0.4 is 5.32 Å². The summed E-state index contributed by atoms with van der Waals surface area (Å²) in [7, 11) is 1.94. The number of hydrogen-bond acceptors (Lipinski definition) is 1. The Morgan fingerprint density at radius 2 is 1.94 bits per heavy atom. The van der Waals surface area contributed by atoms with Crippen LogP contribution in [0.2, 0.25) is 10.0 Å². The molecule has 0 unspecified atom stereocenters. The van der Waals surface area contributed by atoms with E-state index in [1.165, 1.54) is 5.56 Å². The average molecular weight is 269 g/mol. The number of halogens is 2. The Balaban J connectivity index is 2.11. The molecular weight excluding hydrogens is 255 g/mol. The lowest BCUT2D eigenvalue weighted by Crippen LogP contribution is -2.04. The molecule has 90 valence electrons. The Morgan fingerprint density at radius 3 is 2.65 bits per heavy atom. The molecule has 2 nitrogen and oxygen atoms in total. The van der Waals surface area contributed by atoms with Crippen molar-refractivity contribution in [2.75, 3.05) is 7.05 Å². The van der Waals surface area contributed by atoms with Gasteiger partial charge < -0.3 is 9.88 Å². The molecule has 0 aliphatic rings. The molecule has 0 saturated carbocycles. The number of benzene rings is 1. The van der Waals surface area contributed by atoms with E-state index in [1.54, 1.807) is 0 Å². The Labute approximate surface area is 111 Å². The molecular formula is C13H14Cl2N2. The number of aromatic nitrogens is 1. The second kappa shape index (κ2) is 5.58. The van der Waals surface area contributed by atoms with E-state index in [-0.39, 0.29) is 0 Å². The van der Waals surface area contributed by atoms with Crippen molar-refractivity contribution >= 4 is 23.2 Å². The van der Waals surface area contributed by atoms with Gasteiger partial charge in [0, 0.05) is 25.5 Å². The molecule has 1 aromatic carbocycles. The normalized spacial score (nSPS) is 10.8. The van der Waals surface area contributed by atoms with Crippen molar-refractivity contribution in [3.8, 4) is 0 Å². The Bertz CT molecular complexity index is 506. The minimum atomic E-state index is 0.596. The summed E-state index contributed by atoms with van der Waals surface area (Å²) in [5, 5.41) is 4.33. The van der Waals surface area contributed by atoms with Crippen molar-refractivity contribution in [1.29, 1.82) is 0 Å². The Kier molecular flexibility index (Phi) is 4.11. The molecule has 0 saturated heterocycles. The van der Waals surface area contributed by atoms with E-state index in [0.717, 1.165) is 18.7 Å². The van der Waals surface area contributed by atoms with Crippen LogP contribution in [0.15, 0.2) is 36.7 Å². The fourth-order valence-electron chi connectivity index (χ4n) is 1.75. The third kappa shape index (κ3) is 3.25. The van der Waals surface area contributed by atoms with Crippen LogP contribution in [-0.2, 0) is 13.1 Å². The van der Waals surface area contributed by atoms with Gasteiger partial charge in [0.1, 0.15) is 0 Å². The van der Waals surface area contributed by atoms with E-state index in [9.17, 15) is 0 Å². The molecule has 0 bridgehead atoms. The summed E-state index contributed by atoms with van der Waals surface area (Å²) in [5.74, 6) is 0. The summed E-state index contributed by atoms with van der Waals surface area (Å²) in [5.41, 5.74) is 2.42. The van der Waals surface area contributed by atoms with Gasteiger partial charge in [0.15, 0.2) is 0 Å². The molecule has 0 fully saturated rings. The van der Waals surface area contributed by atoms with Crippen LogP contribution in [0.25, 0.3) is 0 Å². The number of rotatable bonds is 4. The standard InChI is InChI=1S/C13H14Cl2N2/c1-16-7-11-4-5-17(9-11)8-10-2-3-12(14)13(15)6-10/h2-6,9,16H,7-8H2,1H3. The third-order valence-corrected chi connectivity index (χ3v) is 3.28. The highest BCUT2D eigenvalue weighted by Crippen LogP contribution is 2.23. The van der Waals surface area contributed by atoms with E-state index < -0.39 is 0 Å². The lowest BCUT2D eigenvalue weighted by molar-refractivity contribution is 0.783. The first-order chi connectivity index (χ1) is 8.19. The van der Waals surface area contributed by atoms with Crippen LogP contribution in [0.4, 0.5) is 0 Å². The first kappa shape index (κ1) is 12.5. The van der Waals surface area contributed by atoms with Crippen molar-refractivity contribution in [1.82, 2.24) is 9.88 Å². The summed E-state index contributed by atoms with van der Waals surface area (Å²) in [6.45, 7) is 1.69. The van der Waals surface area contributed by atoms with Crippen LogP contribution in [-0.4, -0.2) is 11.6 Å². The fraction of sp³-hybridized carbons (Fsp3) is 0.231. The molecule has 1 aromatic heterocycles. The van der Waals surface area contributed by atoms with E-state index >= 15 is 0 Å². The topological polar surface area (TPSA) is 17.0 Å². The Hall–Kier alpha value is -0.960. The van der Waals surface area contributed by atoms with Gasteiger partial charge in [0.2, 0.25) is 0 Å². The number of nitrogens with one attached hydrogen (secondary N) is 1. The zero-order valence-corrected chi connectivity index (χ0v) is 11.1. The summed E-state index contributed by atoms with van der Waals surface area (Å²) in [6, 6.07) is 7.83. The van der Waals surface area contributed by atoms with E-state index in [2.05, 4.69) is 28.3 Å². The highest BCUT2D eigenvalue weighted by atomic mass is 35.5.